The Bertz CT molecular complexity index is 1210. The van der Waals surface area contributed by atoms with Crippen LogP contribution in [0.15, 0.2) is 47.0 Å². The summed E-state index contributed by atoms with van der Waals surface area (Å²) in [4.78, 5) is 30.8. The summed E-state index contributed by atoms with van der Waals surface area (Å²) in [5, 5.41) is 10.3. The molecule has 2 aromatic heterocycles. The fourth-order valence-corrected chi connectivity index (χ4v) is 5.00. The van der Waals surface area contributed by atoms with E-state index in [0.29, 0.717) is 30.2 Å². The molecule has 3 aromatic rings. The van der Waals surface area contributed by atoms with Crippen LogP contribution in [0.1, 0.15) is 48.3 Å². The summed E-state index contributed by atoms with van der Waals surface area (Å²) in [6, 6.07) is 9.92. The van der Waals surface area contributed by atoms with E-state index in [0.717, 1.165) is 31.7 Å². The van der Waals surface area contributed by atoms with Gasteiger partial charge in [0.25, 0.3) is 0 Å². The summed E-state index contributed by atoms with van der Waals surface area (Å²) < 4.78 is 24.2. The highest BCUT2D eigenvalue weighted by Crippen LogP contribution is 2.53. The van der Waals surface area contributed by atoms with Crippen molar-refractivity contribution in [3.8, 4) is 0 Å². The second-order valence-electron chi connectivity index (χ2n) is 9.27. The summed E-state index contributed by atoms with van der Waals surface area (Å²) in [7, 11) is 0. The summed E-state index contributed by atoms with van der Waals surface area (Å²) in [5.74, 6) is 0.172. The molecular formula is C25H26FN5O4. The van der Waals surface area contributed by atoms with Crippen molar-refractivity contribution in [1.29, 1.82) is 0 Å². The van der Waals surface area contributed by atoms with Gasteiger partial charge in [-0.15, -0.1) is 10.2 Å². The Balaban J connectivity index is 1.10. The van der Waals surface area contributed by atoms with Gasteiger partial charge in [0.1, 0.15) is 11.6 Å². The van der Waals surface area contributed by atoms with Gasteiger partial charge in [-0.1, -0.05) is 18.2 Å². The van der Waals surface area contributed by atoms with Crippen LogP contribution >= 0.6 is 0 Å². The Labute approximate surface area is 201 Å². The number of halogens is 1. The van der Waals surface area contributed by atoms with Gasteiger partial charge >= 0.3 is 17.8 Å². The quantitative estimate of drug-likeness (QED) is 0.488. The first-order chi connectivity index (χ1) is 16.9. The summed E-state index contributed by atoms with van der Waals surface area (Å²) in [5.41, 5.74) is 1.19. The van der Waals surface area contributed by atoms with Crippen LogP contribution < -0.4 is 10.2 Å². The zero-order valence-electron chi connectivity index (χ0n) is 19.4. The smallest absolute Gasteiger partial charge is 0.313 e. The number of esters is 1. The van der Waals surface area contributed by atoms with E-state index in [1.807, 2.05) is 13.0 Å². The molecule has 1 amide bonds. The first-order valence-electron chi connectivity index (χ1n) is 11.7. The fourth-order valence-electron chi connectivity index (χ4n) is 5.00. The number of hydrogen-bond acceptors (Lipinski definition) is 8. The molecule has 9 nitrogen and oxygen atoms in total. The van der Waals surface area contributed by atoms with Crippen molar-refractivity contribution < 1.29 is 23.1 Å². The molecule has 0 unspecified atom stereocenters. The minimum atomic E-state index is -0.558. The number of anilines is 2. The zero-order valence-corrected chi connectivity index (χ0v) is 19.4. The number of carbonyl (C=O) groups excluding carboxylic acids is 2. The molecule has 2 aliphatic rings. The average molecular weight is 480 g/mol. The maximum atomic E-state index is 13.8. The normalized spacial score (nSPS) is 16.5. The van der Waals surface area contributed by atoms with Gasteiger partial charge in [0.15, 0.2) is 0 Å². The number of hydrogen-bond donors (Lipinski definition) is 1. The largest absolute Gasteiger partial charge is 0.466 e. The van der Waals surface area contributed by atoms with Crippen LogP contribution in [0.2, 0.25) is 0 Å². The SMILES string of the molecule is CCOC(=O)CC1CC2(C1)CN(c1ccc(NC(=O)c3nnc(Cc4ccccc4F)o3)cn1)C2. The van der Waals surface area contributed by atoms with E-state index < -0.39 is 5.91 Å². The molecule has 1 saturated carbocycles. The second kappa shape index (κ2) is 9.44. The molecule has 1 aliphatic carbocycles. The maximum absolute atomic E-state index is 13.8. The predicted octanol–water partition coefficient (Wildman–Crippen LogP) is 3.62. The maximum Gasteiger partial charge on any atom is 0.313 e. The molecule has 2 fully saturated rings. The number of pyridine rings is 1. The molecule has 1 aliphatic heterocycles. The van der Waals surface area contributed by atoms with E-state index >= 15 is 0 Å². The summed E-state index contributed by atoms with van der Waals surface area (Å²) in [6.45, 7) is 4.08. The molecular weight excluding hydrogens is 453 g/mol. The average Bonchev–Trinajstić information content (AvgIpc) is 3.26. The van der Waals surface area contributed by atoms with Gasteiger partial charge < -0.3 is 19.4 Å². The molecule has 0 atom stereocenters. The molecule has 0 bridgehead atoms. The molecule has 1 N–H and O–H groups in total. The van der Waals surface area contributed by atoms with Crippen molar-refractivity contribution in [3.05, 3.63) is 65.8 Å². The van der Waals surface area contributed by atoms with Gasteiger partial charge in [0.05, 0.1) is 24.9 Å². The van der Waals surface area contributed by atoms with Crippen LogP contribution in [-0.4, -0.2) is 46.8 Å². The molecule has 0 radical (unpaired) electrons. The van der Waals surface area contributed by atoms with Crippen LogP contribution in [0.25, 0.3) is 0 Å². The van der Waals surface area contributed by atoms with Crippen molar-refractivity contribution in [1.82, 2.24) is 15.2 Å². The van der Waals surface area contributed by atoms with E-state index in [9.17, 15) is 14.0 Å². The van der Waals surface area contributed by atoms with E-state index in [4.69, 9.17) is 9.15 Å². The Kier molecular flexibility index (Phi) is 6.19. The third-order valence-electron chi connectivity index (χ3n) is 6.55. The predicted molar refractivity (Wildman–Crippen MR) is 124 cm³/mol. The van der Waals surface area contributed by atoms with Crippen LogP contribution in [0.4, 0.5) is 15.9 Å². The van der Waals surface area contributed by atoms with Crippen molar-refractivity contribution in [2.75, 3.05) is 29.9 Å². The monoisotopic (exact) mass is 479 g/mol. The zero-order chi connectivity index (χ0) is 24.4. The number of aromatic nitrogens is 3. The van der Waals surface area contributed by atoms with E-state index in [2.05, 4.69) is 25.4 Å². The number of carbonyl (C=O) groups is 2. The van der Waals surface area contributed by atoms with Crippen LogP contribution in [0.5, 0.6) is 0 Å². The van der Waals surface area contributed by atoms with E-state index in [1.54, 1.807) is 30.5 Å². The molecule has 3 heterocycles. The lowest BCUT2D eigenvalue weighted by Crippen LogP contribution is -2.62. The van der Waals surface area contributed by atoms with Gasteiger partial charge in [-0.2, -0.15) is 0 Å². The fraction of sp³-hybridized carbons (Fsp3) is 0.400. The van der Waals surface area contributed by atoms with Crippen molar-refractivity contribution in [3.63, 3.8) is 0 Å². The van der Waals surface area contributed by atoms with Crippen molar-refractivity contribution >= 4 is 23.4 Å². The minimum absolute atomic E-state index is 0.101. The van der Waals surface area contributed by atoms with Crippen LogP contribution in [-0.2, 0) is 16.0 Å². The van der Waals surface area contributed by atoms with E-state index in [-0.39, 0.29) is 35.4 Å². The topological polar surface area (TPSA) is 110 Å². The Morgan fingerprint density at radius 1 is 1.20 bits per heavy atom. The highest BCUT2D eigenvalue weighted by Gasteiger charge is 2.52. The molecule has 35 heavy (non-hydrogen) atoms. The van der Waals surface area contributed by atoms with Crippen LogP contribution in [0, 0.1) is 17.2 Å². The molecule has 10 heteroatoms. The summed E-state index contributed by atoms with van der Waals surface area (Å²) in [6.07, 6.45) is 4.27. The second-order valence-corrected chi connectivity index (χ2v) is 9.27. The lowest BCUT2D eigenvalue weighted by atomic mass is 9.57. The number of nitrogens with zero attached hydrogens (tertiary/aromatic N) is 4. The highest BCUT2D eigenvalue weighted by atomic mass is 19.1. The van der Waals surface area contributed by atoms with Gasteiger partial charge in [-0.05, 0) is 49.4 Å². The summed E-state index contributed by atoms with van der Waals surface area (Å²) >= 11 is 0. The minimum Gasteiger partial charge on any atom is -0.466 e. The molecule has 1 spiro atoms. The highest BCUT2D eigenvalue weighted by molar-refractivity contribution is 6.00. The van der Waals surface area contributed by atoms with Gasteiger partial charge in [0, 0.05) is 24.9 Å². The number of amides is 1. The Morgan fingerprint density at radius 3 is 2.71 bits per heavy atom. The van der Waals surface area contributed by atoms with Crippen LogP contribution in [0.3, 0.4) is 0 Å². The van der Waals surface area contributed by atoms with Gasteiger partial charge in [-0.25, -0.2) is 9.37 Å². The third-order valence-corrected chi connectivity index (χ3v) is 6.55. The van der Waals surface area contributed by atoms with Crippen molar-refractivity contribution in [2.45, 2.75) is 32.6 Å². The van der Waals surface area contributed by atoms with Gasteiger partial charge in [0.2, 0.25) is 5.89 Å². The standard InChI is InChI=1S/C25H26FN5O4/c1-2-34-22(32)9-16-11-25(12-16)14-31(15-25)20-8-7-18(13-27-20)28-23(33)24-30-29-21(35-24)10-17-5-3-4-6-19(17)26/h3-8,13,16H,2,9-12,14-15H2,1H3,(H,28,33). The first kappa shape index (κ1) is 22.9. The number of benzene rings is 1. The number of nitrogens with one attached hydrogen (secondary N) is 1. The van der Waals surface area contributed by atoms with Crippen molar-refractivity contribution in [2.24, 2.45) is 11.3 Å². The van der Waals surface area contributed by atoms with E-state index in [1.165, 1.54) is 6.07 Å². The first-order valence-corrected chi connectivity index (χ1v) is 11.7. The van der Waals surface area contributed by atoms with Gasteiger partial charge in [-0.3, -0.25) is 9.59 Å². The lowest BCUT2D eigenvalue weighted by molar-refractivity contribution is -0.146. The molecule has 5 rings (SSSR count). The molecule has 1 saturated heterocycles. The molecule has 1 aromatic carbocycles. The Hall–Kier alpha value is -3.82. The lowest BCUT2D eigenvalue weighted by Gasteiger charge is -2.59. The Morgan fingerprint density at radius 2 is 2.00 bits per heavy atom. The number of ether oxygens (including phenoxy) is 1. The molecule has 182 valence electrons. The third kappa shape index (κ3) is 5.01. The number of rotatable bonds is 8.